The van der Waals surface area contributed by atoms with Crippen molar-refractivity contribution in [2.24, 2.45) is 5.92 Å². The third kappa shape index (κ3) is 4.04. The second-order valence-corrected chi connectivity index (χ2v) is 9.65. The van der Waals surface area contributed by atoms with Crippen LogP contribution in [0.25, 0.3) is 11.2 Å². The molecular weight excluding hydrogens is 456 g/mol. The van der Waals surface area contributed by atoms with E-state index in [4.69, 9.17) is 4.74 Å². The number of hydrogen-bond donors (Lipinski definition) is 1. The smallest absolute Gasteiger partial charge is 0.327 e. The van der Waals surface area contributed by atoms with Gasteiger partial charge in [-0.1, -0.05) is 0 Å². The summed E-state index contributed by atoms with van der Waals surface area (Å²) in [6, 6.07) is 11.6. The Morgan fingerprint density at radius 2 is 1.97 bits per heavy atom. The molecule has 1 aromatic carbocycles. The van der Waals surface area contributed by atoms with Crippen LogP contribution in [0.3, 0.4) is 0 Å². The largest absolute Gasteiger partial charge is 0.497 e. The maximum atomic E-state index is 13.3. The molecule has 0 atom stereocenters. The average Bonchev–Trinajstić information content (AvgIpc) is 3.48. The Labute approximate surface area is 208 Å². The number of methoxy groups -OCH3 is 1. The monoisotopic (exact) mass is 484 g/mol. The first-order valence-corrected chi connectivity index (χ1v) is 12.5. The van der Waals surface area contributed by atoms with Crippen LogP contribution in [0.4, 0.5) is 5.69 Å². The number of aromatic nitrogens is 5. The topological polar surface area (TPSA) is 106 Å². The highest BCUT2D eigenvalue weighted by Crippen LogP contribution is 2.35. The number of fused-ring (bicyclic) bond motifs is 2. The Morgan fingerprint density at radius 1 is 1.11 bits per heavy atom. The third-order valence-electron chi connectivity index (χ3n) is 7.54. The van der Waals surface area contributed by atoms with Crippen LogP contribution >= 0.6 is 0 Å². The molecule has 1 saturated carbocycles. The molecule has 0 saturated heterocycles. The summed E-state index contributed by atoms with van der Waals surface area (Å²) in [5, 5.41) is 0. The van der Waals surface area contributed by atoms with Crippen molar-refractivity contribution in [3.63, 3.8) is 0 Å². The summed E-state index contributed by atoms with van der Waals surface area (Å²) in [5.41, 5.74) is 4.76. The van der Waals surface area contributed by atoms with Crippen molar-refractivity contribution in [3.05, 3.63) is 76.4 Å². The van der Waals surface area contributed by atoms with Gasteiger partial charge in [0.2, 0.25) is 0 Å². The van der Waals surface area contributed by atoms with Crippen molar-refractivity contribution in [1.29, 1.82) is 0 Å². The average molecular weight is 485 g/mol. The second kappa shape index (κ2) is 9.22. The number of ether oxygens (including phenoxy) is 1. The van der Waals surface area contributed by atoms with E-state index < -0.39 is 0 Å². The quantitative estimate of drug-likeness (QED) is 0.463. The molecule has 0 unspecified atom stereocenters. The zero-order valence-corrected chi connectivity index (χ0v) is 20.2. The molecule has 1 aliphatic carbocycles. The van der Waals surface area contributed by atoms with Gasteiger partial charge in [0, 0.05) is 30.2 Å². The minimum atomic E-state index is -0.0985. The number of amides is 1. The molecule has 1 N–H and O–H groups in total. The molecule has 4 aromatic rings. The van der Waals surface area contributed by atoms with Crippen molar-refractivity contribution >= 4 is 22.8 Å². The fourth-order valence-electron chi connectivity index (χ4n) is 5.70. The van der Waals surface area contributed by atoms with Crippen LogP contribution in [0, 0.1) is 5.92 Å². The number of anilines is 1. The van der Waals surface area contributed by atoms with Gasteiger partial charge in [-0.3, -0.25) is 14.3 Å². The van der Waals surface area contributed by atoms with Crippen molar-refractivity contribution in [2.45, 2.75) is 44.6 Å². The number of hydrogen-bond acceptors (Lipinski definition) is 6. The van der Waals surface area contributed by atoms with Crippen molar-refractivity contribution in [3.8, 4) is 5.75 Å². The Morgan fingerprint density at radius 3 is 2.81 bits per heavy atom. The van der Waals surface area contributed by atoms with Gasteiger partial charge in [-0.05, 0) is 86.4 Å². The first-order chi connectivity index (χ1) is 17.6. The minimum Gasteiger partial charge on any atom is -0.497 e. The standard InChI is InChI=1S/C27H28N6O3/c1-36-21-8-9-23-18(14-21)10-12-32(23)26(34)22-15-19(29-16-30-22)13-17-4-6-20(7-5-17)33-24-3-2-11-28-25(24)31-27(33)35/h2-3,8-9,11,14-17,20H,4-7,10,12-13H2,1H3,(H,28,31,35). The van der Waals surface area contributed by atoms with Gasteiger partial charge < -0.3 is 9.64 Å². The molecule has 6 rings (SSSR count). The molecule has 36 heavy (non-hydrogen) atoms. The maximum Gasteiger partial charge on any atom is 0.327 e. The van der Waals surface area contributed by atoms with Crippen molar-refractivity contribution < 1.29 is 9.53 Å². The van der Waals surface area contributed by atoms with Crippen LogP contribution in [0.15, 0.2) is 53.7 Å². The Kier molecular flexibility index (Phi) is 5.75. The normalized spacial score (nSPS) is 19.4. The van der Waals surface area contributed by atoms with E-state index in [1.165, 1.54) is 6.33 Å². The van der Waals surface area contributed by atoms with Gasteiger partial charge >= 0.3 is 5.69 Å². The first-order valence-electron chi connectivity index (χ1n) is 12.5. The van der Waals surface area contributed by atoms with E-state index in [1.54, 1.807) is 18.2 Å². The molecule has 9 heteroatoms. The van der Waals surface area contributed by atoms with Crippen molar-refractivity contribution in [1.82, 2.24) is 24.5 Å². The molecule has 3 aromatic heterocycles. The molecule has 0 spiro atoms. The SMILES string of the molecule is COc1ccc2c(c1)CCN2C(=O)c1cc(CC2CCC(n3c(=O)[nH]c4ncccc43)CC2)ncn1. The van der Waals surface area contributed by atoms with Crippen LogP contribution < -0.4 is 15.3 Å². The molecule has 0 bridgehead atoms. The predicted octanol–water partition coefficient (Wildman–Crippen LogP) is 3.70. The van der Waals surface area contributed by atoms with E-state index in [9.17, 15) is 9.59 Å². The van der Waals surface area contributed by atoms with Gasteiger partial charge in [0.15, 0.2) is 5.65 Å². The molecule has 184 valence electrons. The number of carbonyl (C=O) groups is 1. The summed E-state index contributed by atoms with van der Waals surface area (Å²) in [4.78, 5) is 43.5. The number of pyridine rings is 1. The lowest BCUT2D eigenvalue weighted by Crippen LogP contribution is -2.30. The zero-order chi connectivity index (χ0) is 24.6. The minimum absolute atomic E-state index is 0.0898. The lowest BCUT2D eigenvalue weighted by Gasteiger charge is -2.29. The number of nitrogens with one attached hydrogen (secondary N) is 1. The van der Waals surface area contributed by atoms with Gasteiger partial charge in [0.05, 0.1) is 12.6 Å². The van der Waals surface area contributed by atoms with Gasteiger partial charge in [0.1, 0.15) is 17.8 Å². The zero-order valence-electron chi connectivity index (χ0n) is 20.2. The Balaban J connectivity index is 1.12. The number of nitrogens with zero attached hydrogens (tertiary/aromatic N) is 5. The third-order valence-corrected chi connectivity index (χ3v) is 7.54. The number of aromatic amines is 1. The molecule has 1 fully saturated rings. The van der Waals surface area contributed by atoms with E-state index in [-0.39, 0.29) is 17.6 Å². The molecule has 0 radical (unpaired) electrons. The van der Waals surface area contributed by atoms with Gasteiger partial charge in [-0.15, -0.1) is 0 Å². The predicted molar refractivity (Wildman–Crippen MR) is 135 cm³/mol. The van der Waals surface area contributed by atoms with E-state index in [0.717, 1.165) is 66.7 Å². The summed E-state index contributed by atoms with van der Waals surface area (Å²) in [6.45, 7) is 0.632. The molecule has 1 aliphatic heterocycles. The maximum absolute atomic E-state index is 13.3. The van der Waals surface area contributed by atoms with Gasteiger partial charge in [0.25, 0.3) is 5.91 Å². The number of imidazole rings is 1. The Bertz CT molecular complexity index is 1480. The lowest BCUT2D eigenvalue weighted by atomic mass is 9.83. The van der Waals surface area contributed by atoms with E-state index >= 15 is 0 Å². The Hall–Kier alpha value is -4.01. The second-order valence-electron chi connectivity index (χ2n) is 9.65. The molecule has 9 nitrogen and oxygen atoms in total. The summed E-state index contributed by atoms with van der Waals surface area (Å²) < 4.78 is 7.18. The fourth-order valence-corrected chi connectivity index (χ4v) is 5.70. The highest BCUT2D eigenvalue weighted by molar-refractivity contribution is 6.06. The van der Waals surface area contributed by atoms with Gasteiger partial charge in [-0.25, -0.2) is 19.7 Å². The summed E-state index contributed by atoms with van der Waals surface area (Å²) in [6.07, 6.45) is 8.65. The highest BCUT2D eigenvalue weighted by Gasteiger charge is 2.28. The summed E-state index contributed by atoms with van der Waals surface area (Å²) in [5.74, 6) is 1.16. The summed E-state index contributed by atoms with van der Waals surface area (Å²) >= 11 is 0. The van der Waals surface area contributed by atoms with E-state index in [0.29, 0.717) is 23.8 Å². The van der Waals surface area contributed by atoms with Crippen LogP contribution in [-0.2, 0) is 12.8 Å². The van der Waals surface area contributed by atoms with Crippen LogP contribution in [0.2, 0.25) is 0 Å². The number of rotatable bonds is 5. The molecular formula is C27H28N6O3. The van der Waals surface area contributed by atoms with Crippen LogP contribution in [0.1, 0.15) is 53.5 Å². The lowest BCUT2D eigenvalue weighted by molar-refractivity contribution is 0.0984. The molecule has 4 heterocycles. The fraction of sp³-hybridized carbons (Fsp3) is 0.370. The van der Waals surface area contributed by atoms with E-state index in [2.05, 4.69) is 19.9 Å². The van der Waals surface area contributed by atoms with Crippen LogP contribution in [0.5, 0.6) is 5.75 Å². The number of benzene rings is 1. The number of carbonyl (C=O) groups excluding carboxylic acids is 1. The molecule has 1 amide bonds. The highest BCUT2D eigenvalue weighted by atomic mass is 16.5. The summed E-state index contributed by atoms with van der Waals surface area (Å²) in [7, 11) is 1.65. The van der Waals surface area contributed by atoms with Gasteiger partial charge in [-0.2, -0.15) is 0 Å². The van der Waals surface area contributed by atoms with Crippen molar-refractivity contribution in [2.75, 3.05) is 18.6 Å². The first kappa shape index (κ1) is 22.5. The van der Waals surface area contributed by atoms with Crippen LogP contribution in [-0.4, -0.2) is 44.1 Å². The number of H-pyrrole nitrogens is 1. The van der Waals surface area contributed by atoms with E-state index in [1.807, 2.05) is 41.0 Å². The molecule has 2 aliphatic rings.